The molecule has 2 amide bonds. The first-order valence-corrected chi connectivity index (χ1v) is 19.9. The molecule has 1 saturated heterocycles. The van der Waals surface area contributed by atoms with Crippen LogP contribution in [-0.2, 0) is 25.5 Å². The molecule has 1 saturated carbocycles. The van der Waals surface area contributed by atoms with Crippen LogP contribution in [0.15, 0.2) is 89.3 Å². The second-order valence-electron chi connectivity index (χ2n) is 15.0. The van der Waals surface area contributed by atoms with Crippen LogP contribution in [0.5, 0.6) is 5.75 Å². The Bertz CT molecular complexity index is 1810. The van der Waals surface area contributed by atoms with Crippen LogP contribution >= 0.6 is 0 Å². The van der Waals surface area contributed by atoms with Gasteiger partial charge in [0.1, 0.15) is 17.3 Å². The van der Waals surface area contributed by atoms with Crippen LogP contribution in [0.1, 0.15) is 86.9 Å². The fraction of sp³-hybridized carbons (Fsp3) is 0.477. The molecule has 4 atom stereocenters. The summed E-state index contributed by atoms with van der Waals surface area (Å²) in [5, 5.41) is 2.93. The number of hydrogen-bond donors (Lipinski definition) is 2. The number of nitrogens with one attached hydrogen (secondary N) is 1. The molecular weight excluding hydrogens is 697 g/mol. The number of aryl methyl sites for hydroxylation is 1. The third kappa shape index (κ3) is 11.3. The molecule has 2 heterocycles. The minimum Gasteiger partial charge on any atom is -0.484 e. The fourth-order valence-corrected chi connectivity index (χ4v) is 7.80. The number of para-hydroxylation sites is 3. The number of carbonyl (C=O) groups excluding carboxylic acids is 4. The molecule has 292 valence electrons. The van der Waals surface area contributed by atoms with Gasteiger partial charge in [-0.1, -0.05) is 86.3 Å². The number of oxazole rings is 1. The van der Waals surface area contributed by atoms with Gasteiger partial charge in [0, 0.05) is 31.9 Å². The number of nitrogens with two attached hydrogens (primary N) is 1. The first-order chi connectivity index (χ1) is 26.9. The summed E-state index contributed by atoms with van der Waals surface area (Å²) in [5.74, 6) is -1.08. The van der Waals surface area contributed by atoms with E-state index < -0.39 is 23.9 Å². The molecular formula is C44H54N4O7. The van der Waals surface area contributed by atoms with E-state index in [1.165, 1.54) is 19.3 Å². The maximum atomic E-state index is 14.7. The van der Waals surface area contributed by atoms with Gasteiger partial charge in [-0.15, -0.1) is 0 Å². The number of hydrogen-bond acceptors (Lipinski definition) is 9. The van der Waals surface area contributed by atoms with E-state index in [9.17, 15) is 19.2 Å². The molecule has 0 unspecified atom stereocenters. The number of rotatable bonds is 20. The van der Waals surface area contributed by atoms with Crippen molar-refractivity contribution < 1.29 is 33.1 Å². The minimum absolute atomic E-state index is 0.0267. The van der Waals surface area contributed by atoms with Crippen molar-refractivity contribution in [3.8, 4) is 5.75 Å². The monoisotopic (exact) mass is 750 g/mol. The Morgan fingerprint density at radius 3 is 2.36 bits per heavy atom. The molecule has 4 aromatic rings. The molecule has 2 fully saturated rings. The number of aromatic nitrogens is 1. The highest BCUT2D eigenvalue weighted by atomic mass is 16.5. The number of Topliss-reactive ketones (excluding diaryl/α,β-unsaturated/α-hetero) is 2. The van der Waals surface area contributed by atoms with Gasteiger partial charge in [0.05, 0.1) is 12.1 Å². The normalized spacial score (nSPS) is 18.5. The van der Waals surface area contributed by atoms with Gasteiger partial charge in [-0.2, -0.15) is 0 Å². The Kier molecular flexibility index (Phi) is 14.6. The van der Waals surface area contributed by atoms with Crippen molar-refractivity contribution in [2.24, 2.45) is 17.6 Å². The largest absolute Gasteiger partial charge is 0.484 e. The van der Waals surface area contributed by atoms with Gasteiger partial charge >= 0.3 is 0 Å². The first-order valence-electron chi connectivity index (χ1n) is 19.9. The van der Waals surface area contributed by atoms with Crippen LogP contribution in [0.25, 0.3) is 11.1 Å². The highest BCUT2D eigenvalue weighted by Gasteiger charge is 2.43. The first kappa shape index (κ1) is 39.8. The lowest BCUT2D eigenvalue weighted by Crippen LogP contribution is -2.53. The van der Waals surface area contributed by atoms with E-state index in [2.05, 4.69) is 10.3 Å². The molecule has 1 aliphatic heterocycles. The number of ether oxygens (including phenoxy) is 2. The highest BCUT2D eigenvalue weighted by Crippen LogP contribution is 2.30. The summed E-state index contributed by atoms with van der Waals surface area (Å²) in [7, 11) is 0. The number of benzene rings is 3. The van der Waals surface area contributed by atoms with Crippen molar-refractivity contribution in [1.29, 1.82) is 0 Å². The van der Waals surface area contributed by atoms with E-state index >= 15 is 0 Å². The summed E-state index contributed by atoms with van der Waals surface area (Å²) in [6.45, 7) is 1.000. The number of unbranched alkanes of at least 4 members (excludes halogenated alkanes) is 1. The molecule has 0 bridgehead atoms. The quantitative estimate of drug-likeness (QED) is 0.0764. The summed E-state index contributed by atoms with van der Waals surface area (Å²) in [6.07, 6.45) is 8.34. The number of ketones is 2. The second-order valence-corrected chi connectivity index (χ2v) is 15.0. The van der Waals surface area contributed by atoms with Crippen LogP contribution in [0.2, 0.25) is 0 Å². The van der Waals surface area contributed by atoms with Crippen molar-refractivity contribution >= 4 is 34.5 Å². The van der Waals surface area contributed by atoms with Gasteiger partial charge in [-0.25, -0.2) is 4.98 Å². The third-order valence-electron chi connectivity index (χ3n) is 10.9. The zero-order valence-corrected chi connectivity index (χ0v) is 31.6. The molecule has 6 rings (SSSR count). The molecule has 0 radical (unpaired) electrons. The highest BCUT2D eigenvalue weighted by molar-refractivity contribution is 6.00. The van der Waals surface area contributed by atoms with Crippen LogP contribution in [-0.4, -0.2) is 77.8 Å². The predicted octanol–water partition coefficient (Wildman–Crippen LogP) is 6.48. The summed E-state index contributed by atoms with van der Waals surface area (Å²) in [5.41, 5.74) is 7.89. The van der Waals surface area contributed by atoms with Gasteiger partial charge in [0.15, 0.2) is 18.0 Å². The summed E-state index contributed by atoms with van der Waals surface area (Å²) >= 11 is 0. The summed E-state index contributed by atoms with van der Waals surface area (Å²) < 4.78 is 18.0. The third-order valence-corrected chi connectivity index (χ3v) is 10.9. The zero-order chi connectivity index (χ0) is 38.4. The van der Waals surface area contributed by atoms with E-state index in [-0.39, 0.29) is 49.0 Å². The van der Waals surface area contributed by atoms with Crippen LogP contribution in [0.4, 0.5) is 0 Å². The summed E-state index contributed by atoms with van der Waals surface area (Å²) in [4.78, 5) is 62.4. The smallest absolute Gasteiger partial charge is 0.264 e. The Morgan fingerprint density at radius 1 is 0.891 bits per heavy atom. The van der Waals surface area contributed by atoms with E-state index in [1.54, 1.807) is 29.2 Å². The van der Waals surface area contributed by atoms with Crippen molar-refractivity contribution in [3.05, 3.63) is 96.4 Å². The molecule has 1 aromatic heterocycles. The van der Waals surface area contributed by atoms with Crippen LogP contribution < -0.4 is 15.8 Å². The Morgan fingerprint density at radius 2 is 1.62 bits per heavy atom. The predicted molar refractivity (Wildman–Crippen MR) is 209 cm³/mol. The number of amides is 2. The molecule has 3 aromatic carbocycles. The number of likely N-dealkylation sites (tertiary alicyclic amines) is 1. The van der Waals surface area contributed by atoms with Crippen molar-refractivity contribution in [3.63, 3.8) is 0 Å². The molecule has 2 aliphatic rings. The lowest BCUT2D eigenvalue weighted by Gasteiger charge is -2.29. The van der Waals surface area contributed by atoms with E-state index in [0.717, 1.165) is 18.4 Å². The number of carbonyl (C=O) groups is 4. The number of nitrogens with zero attached hydrogens (tertiary/aromatic N) is 2. The average molecular weight is 751 g/mol. The molecule has 55 heavy (non-hydrogen) atoms. The molecule has 1 aliphatic carbocycles. The van der Waals surface area contributed by atoms with Gasteiger partial charge < -0.3 is 29.8 Å². The minimum atomic E-state index is -0.916. The summed E-state index contributed by atoms with van der Waals surface area (Å²) in [6, 6.07) is 24.2. The SMILES string of the molecule is NCCCC[C@H](CC(=O)[C@@H]1C[C@@H](OCC2CCCCC2)CN1C(=O)[C@@H](CCc1ccccc1)NC(=O)COc1ccccc1)C(=O)c1nc2ccccc2o1. The van der Waals surface area contributed by atoms with Crippen LogP contribution in [0.3, 0.4) is 0 Å². The van der Waals surface area contributed by atoms with E-state index in [4.69, 9.17) is 19.6 Å². The number of fused-ring (bicyclic) bond motifs is 1. The van der Waals surface area contributed by atoms with Gasteiger partial charge in [0.25, 0.3) is 11.8 Å². The lowest BCUT2D eigenvalue weighted by atomic mass is 9.89. The fourth-order valence-electron chi connectivity index (χ4n) is 7.80. The molecule has 3 N–H and O–H groups in total. The lowest BCUT2D eigenvalue weighted by molar-refractivity contribution is -0.141. The van der Waals surface area contributed by atoms with Gasteiger partial charge in [-0.3, -0.25) is 19.2 Å². The topological polar surface area (TPSA) is 154 Å². The van der Waals surface area contributed by atoms with E-state index in [0.29, 0.717) is 74.4 Å². The van der Waals surface area contributed by atoms with Crippen molar-refractivity contribution in [1.82, 2.24) is 15.2 Å². The maximum absolute atomic E-state index is 14.7. The average Bonchev–Trinajstić information content (AvgIpc) is 3.86. The Balaban J connectivity index is 1.21. The van der Waals surface area contributed by atoms with Crippen molar-refractivity contribution in [2.45, 2.75) is 95.2 Å². The zero-order valence-electron chi connectivity index (χ0n) is 31.6. The molecule has 11 heteroatoms. The second kappa shape index (κ2) is 20.2. The molecule has 11 nitrogen and oxygen atoms in total. The van der Waals surface area contributed by atoms with Crippen molar-refractivity contribution in [2.75, 3.05) is 26.3 Å². The van der Waals surface area contributed by atoms with Gasteiger partial charge in [-0.05, 0) is 80.8 Å². The maximum Gasteiger partial charge on any atom is 0.264 e. The Labute approximate surface area is 323 Å². The van der Waals surface area contributed by atoms with Crippen LogP contribution in [0, 0.1) is 11.8 Å². The van der Waals surface area contributed by atoms with E-state index in [1.807, 2.05) is 60.7 Å². The Hall–Kier alpha value is -4.87. The van der Waals surface area contributed by atoms with Gasteiger partial charge in [0.2, 0.25) is 11.7 Å². The molecule has 0 spiro atoms. The standard InChI is InChI=1S/C44H54N4O7/c45-25-13-12-18-33(42(51)43-47-36-21-10-11-22-40(36)55-43)26-39(49)38-27-35(53-29-32-16-6-2-7-17-32)28-48(38)44(52)37(24-23-31-14-4-1-5-15-31)46-41(50)30-54-34-19-8-3-9-20-34/h1,3-5,8-11,14-15,19-22,32-33,35,37-38H,2,6-7,12-13,16-18,23-30,45H2,(H,46,50)/t33-,35-,37-,38+/m1/s1.